The van der Waals surface area contributed by atoms with Gasteiger partial charge in [-0.2, -0.15) is 0 Å². The van der Waals surface area contributed by atoms with Crippen LogP contribution in [0.15, 0.2) is 35.7 Å². The van der Waals surface area contributed by atoms with Gasteiger partial charge < -0.3 is 10.1 Å². The van der Waals surface area contributed by atoms with Crippen LogP contribution in [0.4, 0.5) is 0 Å². The lowest BCUT2D eigenvalue weighted by molar-refractivity contribution is 0.0374. The van der Waals surface area contributed by atoms with Crippen LogP contribution >= 0.6 is 11.3 Å². The van der Waals surface area contributed by atoms with Crippen molar-refractivity contribution in [3.63, 3.8) is 0 Å². The molecule has 128 valence electrons. The Morgan fingerprint density at radius 2 is 1.96 bits per heavy atom. The third kappa shape index (κ3) is 4.44. The second kappa shape index (κ2) is 8.42. The number of ether oxygens (including phenoxy) is 1. The summed E-state index contributed by atoms with van der Waals surface area (Å²) < 4.78 is 5.35. The van der Waals surface area contributed by atoms with Crippen molar-refractivity contribution in [1.29, 1.82) is 0 Å². The summed E-state index contributed by atoms with van der Waals surface area (Å²) in [5.41, 5.74) is 3.34. The number of hydrogen-bond donors (Lipinski definition) is 1. The molecular weight excluding hydrogens is 320 g/mol. The standard InChI is InChI=1S/C19H24N2O2S/c1-15-3-5-16(6-4-15)17-7-14-24-18(17)19(22)20-8-2-9-21-10-12-23-13-11-21/h3-7,14H,2,8-13H2,1H3,(H,20,22). The van der Waals surface area contributed by atoms with Crippen LogP contribution in [0.3, 0.4) is 0 Å². The molecule has 5 heteroatoms. The fraction of sp³-hybridized carbons (Fsp3) is 0.421. The number of benzene rings is 1. The summed E-state index contributed by atoms with van der Waals surface area (Å²) in [6.45, 7) is 7.43. The molecule has 2 aromatic rings. The first-order valence-corrected chi connectivity index (χ1v) is 9.35. The van der Waals surface area contributed by atoms with Crippen molar-refractivity contribution in [3.05, 3.63) is 46.2 Å². The maximum Gasteiger partial charge on any atom is 0.261 e. The first kappa shape index (κ1) is 17.1. The number of nitrogens with one attached hydrogen (secondary N) is 1. The SMILES string of the molecule is Cc1ccc(-c2ccsc2C(=O)NCCCN2CCOCC2)cc1. The van der Waals surface area contributed by atoms with E-state index >= 15 is 0 Å². The molecule has 1 fully saturated rings. The van der Waals surface area contributed by atoms with E-state index in [9.17, 15) is 4.79 Å². The summed E-state index contributed by atoms with van der Waals surface area (Å²) >= 11 is 1.50. The zero-order chi connectivity index (χ0) is 16.8. The maximum absolute atomic E-state index is 12.5. The van der Waals surface area contributed by atoms with Gasteiger partial charge in [0.15, 0.2) is 0 Å². The van der Waals surface area contributed by atoms with Crippen LogP contribution < -0.4 is 5.32 Å². The molecule has 0 radical (unpaired) electrons. The molecule has 1 aromatic carbocycles. The van der Waals surface area contributed by atoms with Crippen LogP contribution in [0.2, 0.25) is 0 Å². The Hall–Kier alpha value is -1.69. The van der Waals surface area contributed by atoms with Gasteiger partial charge >= 0.3 is 0 Å². The van der Waals surface area contributed by atoms with E-state index in [0.29, 0.717) is 6.54 Å². The van der Waals surface area contributed by atoms with Crippen LogP contribution in [0.1, 0.15) is 21.7 Å². The average molecular weight is 344 g/mol. The molecule has 1 N–H and O–H groups in total. The molecule has 0 saturated carbocycles. The molecule has 0 atom stereocenters. The number of amides is 1. The minimum absolute atomic E-state index is 0.0301. The Morgan fingerprint density at radius 3 is 2.71 bits per heavy atom. The number of carbonyl (C=O) groups excluding carboxylic acids is 1. The molecular formula is C19H24N2O2S. The predicted octanol–water partition coefficient (Wildman–Crippen LogP) is 3.18. The van der Waals surface area contributed by atoms with E-state index in [4.69, 9.17) is 4.74 Å². The quantitative estimate of drug-likeness (QED) is 0.819. The van der Waals surface area contributed by atoms with Gasteiger partial charge in [-0.05, 0) is 36.9 Å². The summed E-state index contributed by atoms with van der Waals surface area (Å²) in [4.78, 5) is 15.7. The van der Waals surface area contributed by atoms with Crippen molar-refractivity contribution in [2.24, 2.45) is 0 Å². The van der Waals surface area contributed by atoms with Crippen LogP contribution in [0, 0.1) is 6.92 Å². The van der Waals surface area contributed by atoms with Crippen LogP contribution in [0.5, 0.6) is 0 Å². The van der Waals surface area contributed by atoms with E-state index in [2.05, 4.69) is 41.4 Å². The highest BCUT2D eigenvalue weighted by atomic mass is 32.1. The van der Waals surface area contributed by atoms with Crippen molar-refractivity contribution < 1.29 is 9.53 Å². The van der Waals surface area contributed by atoms with Gasteiger partial charge in [0.05, 0.1) is 18.1 Å². The molecule has 0 aliphatic carbocycles. The number of carbonyl (C=O) groups is 1. The summed E-state index contributed by atoms with van der Waals surface area (Å²) in [6, 6.07) is 10.3. The van der Waals surface area contributed by atoms with Crippen molar-refractivity contribution in [2.45, 2.75) is 13.3 Å². The molecule has 1 aliphatic heterocycles. The molecule has 1 aliphatic rings. The van der Waals surface area contributed by atoms with E-state index < -0.39 is 0 Å². The predicted molar refractivity (Wildman–Crippen MR) is 98.7 cm³/mol. The largest absolute Gasteiger partial charge is 0.379 e. The monoisotopic (exact) mass is 344 g/mol. The molecule has 24 heavy (non-hydrogen) atoms. The van der Waals surface area contributed by atoms with Gasteiger partial charge in [0.25, 0.3) is 5.91 Å². The van der Waals surface area contributed by atoms with Gasteiger partial charge in [-0.15, -0.1) is 11.3 Å². The normalized spacial score (nSPS) is 15.4. The number of rotatable bonds is 6. The first-order valence-electron chi connectivity index (χ1n) is 8.47. The van der Waals surface area contributed by atoms with E-state index in [0.717, 1.165) is 55.3 Å². The molecule has 0 bridgehead atoms. The third-order valence-corrected chi connectivity index (χ3v) is 5.19. The minimum Gasteiger partial charge on any atom is -0.379 e. The van der Waals surface area contributed by atoms with Gasteiger partial charge in [-0.3, -0.25) is 9.69 Å². The Morgan fingerprint density at radius 1 is 1.21 bits per heavy atom. The van der Waals surface area contributed by atoms with Crippen molar-refractivity contribution in [1.82, 2.24) is 10.2 Å². The van der Waals surface area contributed by atoms with Crippen LogP contribution in [0.25, 0.3) is 11.1 Å². The summed E-state index contributed by atoms with van der Waals surface area (Å²) in [5.74, 6) is 0.0301. The smallest absolute Gasteiger partial charge is 0.261 e. The van der Waals surface area contributed by atoms with Crippen molar-refractivity contribution in [3.8, 4) is 11.1 Å². The van der Waals surface area contributed by atoms with Gasteiger partial charge in [0, 0.05) is 25.2 Å². The lowest BCUT2D eigenvalue weighted by Crippen LogP contribution is -2.38. The summed E-state index contributed by atoms with van der Waals surface area (Å²) in [7, 11) is 0. The third-order valence-electron chi connectivity index (χ3n) is 4.27. The zero-order valence-corrected chi connectivity index (χ0v) is 14.9. The molecule has 1 saturated heterocycles. The van der Waals surface area contributed by atoms with Crippen LogP contribution in [-0.4, -0.2) is 50.2 Å². The number of thiophene rings is 1. The highest BCUT2D eigenvalue weighted by molar-refractivity contribution is 7.12. The Kier molecular flexibility index (Phi) is 6.01. The number of morpholine rings is 1. The van der Waals surface area contributed by atoms with Gasteiger partial charge in [0.1, 0.15) is 0 Å². The second-order valence-corrected chi connectivity index (χ2v) is 7.01. The number of hydrogen-bond acceptors (Lipinski definition) is 4. The van der Waals surface area contributed by atoms with Crippen molar-refractivity contribution >= 4 is 17.2 Å². The Balaban J connectivity index is 1.52. The minimum atomic E-state index is 0.0301. The summed E-state index contributed by atoms with van der Waals surface area (Å²) in [6.07, 6.45) is 0.969. The van der Waals surface area contributed by atoms with Crippen LogP contribution in [-0.2, 0) is 4.74 Å². The van der Waals surface area contributed by atoms with Gasteiger partial charge in [-0.25, -0.2) is 0 Å². The maximum atomic E-state index is 12.5. The fourth-order valence-corrected chi connectivity index (χ4v) is 3.69. The lowest BCUT2D eigenvalue weighted by atomic mass is 10.0. The molecule has 1 amide bonds. The highest BCUT2D eigenvalue weighted by Gasteiger charge is 2.14. The first-order chi connectivity index (χ1) is 11.7. The molecule has 1 aromatic heterocycles. The average Bonchev–Trinajstić information content (AvgIpc) is 3.10. The second-order valence-electron chi connectivity index (χ2n) is 6.09. The molecule has 2 heterocycles. The Labute approximate surface area is 147 Å². The molecule has 4 nitrogen and oxygen atoms in total. The van der Waals surface area contributed by atoms with Gasteiger partial charge in [-0.1, -0.05) is 29.8 Å². The van der Waals surface area contributed by atoms with E-state index in [-0.39, 0.29) is 5.91 Å². The topological polar surface area (TPSA) is 41.6 Å². The highest BCUT2D eigenvalue weighted by Crippen LogP contribution is 2.28. The molecule has 0 unspecified atom stereocenters. The van der Waals surface area contributed by atoms with Crippen molar-refractivity contribution in [2.75, 3.05) is 39.4 Å². The van der Waals surface area contributed by atoms with Gasteiger partial charge in [0.2, 0.25) is 0 Å². The zero-order valence-electron chi connectivity index (χ0n) is 14.1. The fourth-order valence-electron chi connectivity index (χ4n) is 2.86. The number of nitrogens with zero attached hydrogens (tertiary/aromatic N) is 1. The van der Waals surface area contributed by atoms with E-state index in [1.54, 1.807) is 0 Å². The van der Waals surface area contributed by atoms with E-state index in [1.165, 1.54) is 16.9 Å². The lowest BCUT2D eigenvalue weighted by Gasteiger charge is -2.26. The summed E-state index contributed by atoms with van der Waals surface area (Å²) in [5, 5.41) is 5.04. The molecule has 3 rings (SSSR count). The Bertz CT molecular complexity index is 660. The van der Waals surface area contributed by atoms with E-state index in [1.807, 2.05) is 11.4 Å². The number of aryl methyl sites for hydroxylation is 1. The molecule has 0 spiro atoms.